The molecule has 0 radical (unpaired) electrons. The van der Waals surface area contributed by atoms with Gasteiger partial charge in [0.2, 0.25) is 0 Å². The second kappa shape index (κ2) is 7.72. The average Bonchev–Trinajstić information content (AvgIpc) is 2.58. The summed E-state index contributed by atoms with van der Waals surface area (Å²) < 4.78 is 48.6. The van der Waals surface area contributed by atoms with E-state index >= 15 is 0 Å². The third kappa shape index (κ3) is 4.65. The summed E-state index contributed by atoms with van der Waals surface area (Å²) in [6.45, 7) is -0.0402. The molecule has 0 unspecified atom stereocenters. The first-order valence-electron chi connectivity index (χ1n) is 6.98. The summed E-state index contributed by atoms with van der Waals surface area (Å²) in [6, 6.07) is 11.7. The Morgan fingerprint density at radius 1 is 1.00 bits per heavy atom. The van der Waals surface area contributed by atoms with E-state index in [1.807, 2.05) is 0 Å². The Morgan fingerprint density at radius 2 is 1.71 bits per heavy atom. The SMILES string of the molecule is CON=C(COc1cccc(C(F)(F)F)c1)c1ccc(OC)cc1. The lowest BCUT2D eigenvalue weighted by Crippen LogP contribution is -2.14. The highest BCUT2D eigenvalue weighted by molar-refractivity contribution is 6.01. The maximum Gasteiger partial charge on any atom is 0.416 e. The number of nitrogens with zero attached hydrogens (tertiary/aromatic N) is 1. The fourth-order valence-corrected chi connectivity index (χ4v) is 1.97. The highest BCUT2D eigenvalue weighted by Crippen LogP contribution is 2.31. The first-order chi connectivity index (χ1) is 11.4. The number of methoxy groups -OCH3 is 1. The minimum absolute atomic E-state index is 0.0402. The average molecular weight is 339 g/mol. The number of halogens is 3. The van der Waals surface area contributed by atoms with Gasteiger partial charge in [-0.05, 0) is 42.5 Å². The molecule has 0 aromatic heterocycles. The monoisotopic (exact) mass is 339 g/mol. The Bertz CT molecular complexity index is 697. The molecule has 0 fully saturated rings. The predicted octanol–water partition coefficient (Wildman–Crippen LogP) is 4.14. The molecule has 4 nitrogen and oxygen atoms in total. The summed E-state index contributed by atoms with van der Waals surface area (Å²) >= 11 is 0. The van der Waals surface area contributed by atoms with Gasteiger partial charge < -0.3 is 14.3 Å². The molecule has 0 saturated heterocycles. The Hall–Kier alpha value is -2.70. The van der Waals surface area contributed by atoms with Crippen molar-refractivity contribution in [2.45, 2.75) is 6.18 Å². The van der Waals surface area contributed by atoms with Crippen LogP contribution >= 0.6 is 0 Å². The number of benzene rings is 2. The van der Waals surface area contributed by atoms with Gasteiger partial charge in [0.1, 0.15) is 30.9 Å². The van der Waals surface area contributed by atoms with E-state index in [4.69, 9.17) is 14.3 Å². The van der Waals surface area contributed by atoms with Crippen LogP contribution in [0.5, 0.6) is 11.5 Å². The normalized spacial score (nSPS) is 12.0. The van der Waals surface area contributed by atoms with Crippen LogP contribution in [0.1, 0.15) is 11.1 Å². The number of oxime groups is 1. The molecule has 0 atom stereocenters. The van der Waals surface area contributed by atoms with Crippen LogP contribution in [0.25, 0.3) is 0 Å². The van der Waals surface area contributed by atoms with E-state index in [1.54, 1.807) is 31.4 Å². The van der Waals surface area contributed by atoms with Gasteiger partial charge in [-0.3, -0.25) is 0 Å². The summed E-state index contributed by atoms with van der Waals surface area (Å²) in [5.74, 6) is 0.774. The molecular weight excluding hydrogens is 323 g/mol. The maximum atomic E-state index is 12.7. The summed E-state index contributed by atoms with van der Waals surface area (Å²) in [5.41, 5.74) is 0.386. The largest absolute Gasteiger partial charge is 0.497 e. The molecule has 0 bridgehead atoms. The van der Waals surface area contributed by atoms with Crippen molar-refractivity contribution >= 4 is 5.71 Å². The van der Waals surface area contributed by atoms with Gasteiger partial charge in [0.05, 0.1) is 12.7 Å². The molecule has 0 spiro atoms. The van der Waals surface area contributed by atoms with Gasteiger partial charge in [-0.2, -0.15) is 13.2 Å². The van der Waals surface area contributed by atoms with E-state index in [-0.39, 0.29) is 12.4 Å². The number of hydrogen-bond donors (Lipinski definition) is 0. The van der Waals surface area contributed by atoms with Crippen molar-refractivity contribution in [2.75, 3.05) is 20.8 Å². The zero-order chi connectivity index (χ0) is 17.6. The van der Waals surface area contributed by atoms with E-state index in [9.17, 15) is 13.2 Å². The Balaban J connectivity index is 2.13. The van der Waals surface area contributed by atoms with E-state index in [0.717, 1.165) is 12.1 Å². The van der Waals surface area contributed by atoms with Gasteiger partial charge in [-0.1, -0.05) is 11.2 Å². The molecule has 0 aliphatic rings. The molecule has 0 saturated carbocycles. The van der Waals surface area contributed by atoms with Crippen molar-refractivity contribution < 1.29 is 27.5 Å². The topological polar surface area (TPSA) is 40.0 Å². The van der Waals surface area contributed by atoms with Crippen LogP contribution in [0.2, 0.25) is 0 Å². The minimum Gasteiger partial charge on any atom is -0.497 e. The Morgan fingerprint density at radius 3 is 2.29 bits per heavy atom. The van der Waals surface area contributed by atoms with Gasteiger partial charge >= 0.3 is 6.18 Å². The first kappa shape index (κ1) is 17.7. The van der Waals surface area contributed by atoms with Crippen LogP contribution in [0.3, 0.4) is 0 Å². The van der Waals surface area contributed by atoms with E-state index < -0.39 is 11.7 Å². The molecule has 0 N–H and O–H groups in total. The second-order valence-corrected chi connectivity index (χ2v) is 4.76. The maximum absolute atomic E-state index is 12.7. The summed E-state index contributed by atoms with van der Waals surface area (Å²) in [4.78, 5) is 4.78. The lowest BCUT2D eigenvalue weighted by molar-refractivity contribution is -0.137. The van der Waals surface area contributed by atoms with E-state index in [0.29, 0.717) is 17.0 Å². The van der Waals surface area contributed by atoms with Crippen molar-refractivity contribution in [1.82, 2.24) is 0 Å². The van der Waals surface area contributed by atoms with Gasteiger partial charge in [-0.15, -0.1) is 0 Å². The molecule has 0 amide bonds. The van der Waals surface area contributed by atoms with Crippen LogP contribution in [-0.4, -0.2) is 26.5 Å². The van der Waals surface area contributed by atoms with Crippen LogP contribution in [0.15, 0.2) is 53.7 Å². The third-order valence-electron chi connectivity index (χ3n) is 3.16. The smallest absolute Gasteiger partial charge is 0.416 e. The van der Waals surface area contributed by atoms with E-state index in [1.165, 1.54) is 19.2 Å². The molecule has 2 aromatic rings. The highest BCUT2D eigenvalue weighted by Gasteiger charge is 2.30. The van der Waals surface area contributed by atoms with Crippen LogP contribution < -0.4 is 9.47 Å². The van der Waals surface area contributed by atoms with Gasteiger partial charge in [0, 0.05) is 5.56 Å². The molecule has 7 heteroatoms. The van der Waals surface area contributed by atoms with Crippen LogP contribution in [0, 0.1) is 0 Å². The van der Waals surface area contributed by atoms with E-state index in [2.05, 4.69) is 5.16 Å². The molecule has 128 valence electrons. The molecule has 0 aliphatic heterocycles. The lowest BCUT2D eigenvalue weighted by Gasteiger charge is -2.11. The summed E-state index contributed by atoms with van der Waals surface area (Å²) in [7, 11) is 2.93. The van der Waals surface area contributed by atoms with Gasteiger partial charge in [-0.25, -0.2) is 0 Å². The number of rotatable bonds is 6. The van der Waals surface area contributed by atoms with Crippen molar-refractivity contribution in [3.63, 3.8) is 0 Å². The third-order valence-corrected chi connectivity index (χ3v) is 3.16. The first-order valence-corrected chi connectivity index (χ1v) is 6.98. The zero-order valence-corrected chi connectivity index (χ0v) is 13.1. The Kier molecular flexibility index (Phi) is 5.68. The molecule has 2 aromatic carbocycles. The predicted molar refractivity (Wildman–Crippen MR) is 83.5 cm³/mol. The fourth-order valence-electron chi connectivity index (χ4n) is 1.97. The second-order valence-electron chi connectivity index (χ2n) is 4.76. The Labute approximate surface area is 137 Å². The molecule has 24 heavy (non-hydrogen) atoms. The van der Waals surface area contributed by atoms with Crippen LogP contribution in [-0.2, 0) is 11.0 Å². The van der Waals surface area contributed by atoms with Crippen molar-refractivity contribution in [3.05, 3.63) is 59.7 Å². The van der Waals surface area contributed by atoms with Gasteiger partial charge in [0.25, 0.3) is 0 Å². The molecule has 2 rings (SSSR count). The van der Waals surface area contributed by atoms with Crippen LogP contribution in [0.4, 0.5) is 13.2 Å². The van der Waals surface area contributed by atoms with Crippen molar-refractivity contribution in [3.8, 4) is 11.5 Å². The quantitative estimate of drug-likeness (QED) is 0.586. The van der Waals surface area contributed by atoms with Crippen molar-refractivity contribution in [1.29, 1.82) is 0 Å². The minimum atomic E-state index is -4.42. The highest BCUT2D eigenvalue weighted by atomic mass is 19.4. The number of ether oxygens (including phenoxy) is 2. The number of alkyl halides is 3. The standard InChI is InChI=1S/C17H16F3NO3/c1-22-14-8-6-12(7-9-14)16(21-23-2)11-24-15-5-3-4-13(10-15)17(18,19)20/h3-10H,11H2,1-2H3. The molecule has 0 aliphatic carbocycles. The van der Waals surface area contributed by atoms with Gasteiger partial charge in [0.15, 0.2) is 0 Å². The fraction of sp³-hybridized carbons (Fsp3) is 0.235. The summed E-state index contributed by atoms with van der Waals surface area (Å²) in [6.07, 6.45) is -4.42. The molecule has 0 heterocycles. The zero-order valence-electron chi connectivity index (χ0n) is 13.1. The lowest BCUT2D eigenvalue weighted by atomic mass is 10.1. The number of hydrogen-bond acceptors (Lipinski definition) is 4. The summed E-state index contributed by atoms with van der Waals surface area (Å²) in [5, 5.41) is 3.86. The van der Waals surface area contributed by atoms with Crippen molar-refractivity contribution in [2.24, 2.45) is 5.16 Å². The molecular formula is C17H16F3NO3.